The zero-order valence-corrected chi connectivity index (χ0v) is 7.90. The summed E-state index contributed by atoms with van der Waals surface area (Å²) in [6.45, 7) is 3.23. The van der Waals surface area contributed by atoms with E-state index in [1.54, 1.807) is 6.20 Å². The third kappa shape index (κ3) is 1.74. The van der Waals surface area contributed by atoms with Crippen LogP contribution in [0.2, 0.25) is 0 Å². The molecule has 1 saturated carbocycles. The normalized spacial score (nSPS) is 15.8. The van der Waals surface area contributed by atoms with Crippen LogP contribution in [0.1, 0.15) is 19.8 Å². The maximum Gasteiger partial charge on any atom is 0.125 e. The molecule has 1 heterocycles. The van der Waals surface area contributed by atoms with Crippen molar-refractivity contribution in [3.63, 3.8) is 0 Å². The van der Waals surface area contributed by atoms with Crippen LogP contribution in [-0.2, 0) is 0 Å². The van der Waals surface area contributed by atoms with Crippen molar-refractivity contribution in [3.05, 3.63) is 18.3 Å². The predicted octanol–water partition coefficient (Wildman–Crippen LogP) is 1.65. The van der Waals surface area contributed by atoms with Gasteiger partial charge < -0.3 is 10.6 Å². The molecule has 1 aliphatic carbocycles. The molecule has 0 aliphatic heterocycles. The van der Waals surface area contributed by atoms with Gasteiger partial charge in [-0.2, -0.15) is 0 Å². The van der Waals surface area contributed by atoms with Crippen molar-refractivity contribution < 1.29 is 0 Å². The summed E-state index contributed by atoms with van der Waals surface area (Å²) in [6, 6.07) is 4.71. The third-order valence-corrected chi connectivity index (χ3v) is 2.42. The van der Waals surface area contributed by atoms with Crippen LogP contribution in [0.5, 0.6) is 0 Å². The summed E-state index contributed by atoms with van der Waals surface area (Å²) in [5.41, 5.74) is 6.84. The molecule has 0 amide bonds. The van der Waals surface area contributed by atoms with E-state index in [2.05, 4.69) is 16.8 Å². The van der Waals surface area contributed by atoms with Crippen LogP contribution in [0.15, 0.2) is 18.3 Å². The number of aromatic nitrogens is 1. The summed E-state index contributed by atoms with van der Waals surface area (Å²) in [7, 11) is 0. The largest absolute Gasteiger partial charge is 0.384 e. The first-order chi connectivity index (χ1) is 6.31. The first-order valence-electron chi connectivity index (χ1n) is 4.79. The molecule has 13 heavy (non-hydrogen) atoms. The molecule has 0 saturated heterocycles. The summed E-state index contributed by atoms with van der Waals surface area (Å²) in [4.78, 5) is 6.37. The number of nitrogens with zero attached hydrogens (tertiary/aromatic N) is 2. The maximum absolute atomic E-state index is 5.63. The molecule has 2 rings (SSSR count). The summed E-state index contributed by atoms with van der Waals surface area (Å²) >= 11 is 0. The number of rotatable bonds is 3. The van der Waals surface area contributed by atoms with Crippen molar-refractivity contribution in [1.29, 1.82) is 0 Å². The van der Waals surface area contributed by atoms with Gasteiger partial charge in [-0.25, -0.2) is 4.98 Å². The molecule has 70 valence electrons. The Labute approximate surface area is 78.6 Å². The van der Waals surface area contributed by atoms with Gasteiger partial charge in [0.05, 0.1) is 0 Å². The molecule has 0 unspecified atom stereocenters. The van der Waals surface area contributed by atoms with Crippen molar-refractivity contribution in [2.75, 3.05) is 17.2 Å². The first-order valence-corrected chi connectivity index (χ1v) is 4.79. The molecule has 1 aliphatic rings. The Morgan fingerprint density at radius 3 is 2.92 bits per heavy atom. The predicted molar refractivity (Wildman–Crippen MR) is 54.7 cm³/mol. The Morgan fingerprint density at radius 1 is 1.62 bits per heavy atom. The van der Waals surface area contributed by atoms with Gasteiger partial charge in [-0.1, -0.05) is 0 Å². The topological polar surface area (TPSA) is 42.2 Å². The second-order valence-electron chi connectivity index (χ2n) is 3.46. The Balaban J connectivity index is 2.21. The summed E-state index contributed by atoms with van der Waals surface area (Å²) < 4.78 is 0. The average Bonchev–Trinajstić information content (AvgIpc) is 2.90. The van der Waals surface area contributed by atoms with Crippen molar-refractivity contribution >= 4 is 11.5 Å². The second kappa shape index (κ2) is 3.24. The van der Waals surface area contributed by atoms with E-state index in [0.717, 1.165) is 12.6 Å². The molecule has 0 radical (unpaired) electrons. The number of anilines is 2. The van der Waals surface area contributed by atoms with Crippen LogP contribution in [0.3, 0.4) is 0 Å². The molecule has 1 fully saturated rings. The molecule has 0 atom stereocenters. The Kier molecular flexibility index (Phi) is 2.08. The minimum Gasteiger partial charge on any atom is -0.384 e. The van der Waals surface area contributed by atoms with Gasteiger partial charge in [0.25, 0.3) is 0 Å². The number of hydrogen-bond acceptors (Lipinski definition) is 3. The SMILES string of the molecule is CCN(c1ccnc(N)c1)C1CC1. The first kappa shape index (κ1) is 8.35. The van der Waals surface area contributed by atoms with Crippen molar-refractivity contribution in [2.45, 2.75) is 25.8 Å². The van der Waals surface area contributed by atoms with Crippen molar-refractivity contribution in [2.24, 2.45) is 0 Å². The summed E-state index contributed by atoms with van der Waals surface area (Å²) in [6.07, 6.45) is 4.40. The van der Waals surface area contributed by atoms with E-state index in [0.29, 0.717) is 5.82 Å². The highest BCUT2D eigenvalue weighted by Gasteiger charge is 2.27. The highest BCUT2D eigenvalue weighted by molar-refractivity contribution is 5.53. The second-order valence-corrected chi connectivity index (χ2v) is 3.46. The van der Waals surface area contributed by atoms with E-state index in [-0.39, 0.29) is 0 Å². The fraction of sp³-hybridized carbons (Fsp3) is 0.500. The van der Waals surface area contributed by atoms with Crippen LogP contribution in [0.4, 0.5) is 11.5 Å². The van der Waals surface area contributed by atoms with E-state index in [9.17, 15) is 0 Å². The number of nitrogens with two attached hydrogens (primary N) is 1. The van der Waals surface area contributed by atoms with Gasteiger partial charge in [0.1, 0.15) is 5.82 Å². The monoisotopic (exact) mass is 177 g/mol. The lowest BCUT2D eigenvalue weighted by atomic mass is 10.3. The van der Waals surface area contributed by atoms with Crippen molar-refractivity contribution in [3.8, 4) is 0 Å². The summed E-state index contributed by atoms with van der Waals surface area (Å²) in [5, 5.41) is 0. The fourth-order valence-electron chi connectivity index (χ4n) is 1.65. The van der Waals surface area contributed by atoms with Crippen LogP contribution in [0, 0.1) is 0 Å². The smallest absolute Gasteiger partial charge is 0.125 e. The van der Waals surface area contributed by atoms with Gasteiger partial charge in [0.15, 0.2) is 0 Å². The van der Waals surface area contributed by atoms with Gasteiger partial charge in [0, 0.05) is 30.5 Å². The standard InChI is InChI=1S/C10H15N3/c1-2-13(8-3-4-8)9-5-6-12-10(11)7-9/h5-8H,2-4H2,1H3,(H2,11,12). The highest BCUT2D eigenvalue weighted by atomic mass is 15.2. The van der Waals surface area contributed by atoms with Crippen molar-refractivity contribution in [1.82, 2.24) is 4.98 Å². The Bertz CT molecular complexity index is 294. The molecule has 0 bridgehead atoms. The lowest BCUT2D eigenvalue weighted by Gasteiger charge is -2.22. The van der Waals surface area contributed by atoms with Crippen LogP contribution in [-0.4, -0.2) is 17.6 Å². The molecular weight excluding hydrogens is 162 g/mol. The zero-order valence-electron chi connectivity index (χ0n) is 7.90. The quantitative estimate of drug-likeness (QED) is 0.763. The Hall–Kier alpha value is -1.25. The molecule has 1 aromatic heterocycles. The van der Waals surface area contributed by atoms with E-state index >= 15 is 0 Å². The lowest BCUT2D eigenvalue weighted by Crippen LogP contribution is -2.24. The fourth-order valence-corrected chi connectivity index (χ4v) is 1.65. The molecular formula is C10H15N3. The van der Waals surface area contributed by atoms with E-state index in [1.165, 1.54) is 18.5 Å². The molecule has 3 nitrogen and oxygen atoms in total. The molecule has 0 aromatic carbocycles. The number of nitrogen functional groups attached to an aromatic ring is 1. The minimum absolute atomic E-state index is 0.608. The molecule has 3 heteroatoms. The van der Waals surface area contributed by atoms with Gasteiger partial charge in [0.2, 0.25) is 0 Å². The lowest BCUT2D eigenvalue weighted by molar-refractivity contribution is 0.825. The van der Waals surface area contributed by atoms with Gasteiger partial charge in [-0.3, -0.25) is 0 Å². The third-order valence-electron chi connectivity index (χ3n) is 2.42. The van der Waals surface area contributed by atoms with E-state index < -0.39 is 0 Å². The number of pyridine rings is 1. The Morgan fingerprint density at radius 2 is 2.38 bits per heavy atom. The van der Waals surface area contributed by atoms with Crippen LogP contribution < -0.4 is 10.6 Å². The van der Waals surface area contributed by atoms with Gasteiger partial charge in [-0.15, -0.1) is 0 Å². The zero-order chi connectivity index (χ0) is 9.26. The van der Waals surface area contributed by atoms with E-state index in [1.807, 2.05) is 12.1 Å². The maximum atomic E-state index is 5.63. The van der Waals surface area contributed by atoms with Crippen LogP contribution in [0.25, 0.3) is 0 Å². The molecule has 0 spiro atoms. The van der Waals surface area contributed by atoms with Crippen LogP contribution >= 0.6 is 0 Å². The average molecular weight is 177 g/mol. The highest BCUT2D eigenvalue weighted by Crippen LogP contribution is 2.31. The van der Waals surface area contributed by atoms with Gasteiger partial charge >= 0.3 is 0 Å². The molecule has 2 N–H and O–H groups in total. The number of hydrogen-bond donors (Lipinski definition) is 1. The summed E-state index contributed by atoms with van der Waals surface area (Å²) in [5.74, 6) is 0.608. The minimum atomic E-state index is 0.608. The molecule has 1 aromatic rings. The van der Waals surface area contributed by atoms with E-state index in [4.69, 9.17) is 5.73 Å². The van der Waals surface area contributed by atoms with Gasteiger partial charge in [-0.05, 0) is 25.8 Å².